The van der Waals surface area contributed by atoms with Gasteiger partial charge in [0.15, 0.2) is 0 Å². The first kappa shape index (κ1) is 14.3. The first-order valence-electron chi connectivity index (χ1n) is 6.48. The summed E-state index contributed by atoms with van der Waals surface area (Å²) in [7, 11) is 0. The topological polar surface area (TPSA) is 72.7 Å². The zero-order valence-corrected chi connectivity index (χ0v) is 12.1. The predicted molar refractivity (Wildman–Crippen MR) is 75.1 cm³/mol. The third-order valence-corrected chi connectivity index (χ3v) is 3.17. The van der Waals surface area contributed by atoms with Gasteiger partial charge in [0.05, 0.1) is 16.2 Å². The molecule has 0 fully saturated rings. The van der Waals surface area contributed by atoms with Gasteiger partial charge in [-0.05, 0) is 39.7 Å². The molecule has 1 heterocycles. The molecule has 0 aromatic heterocycles. The molecule has 0 N–H and O–H groups in total. The summed E-state index contributed by atoms with van der Waals surface area (Å²) in [6, 6.07) is 3.21. The number of hydrogen-bond acceptors (Lipinski definition) is 4. The number of anilines is 1. The summed E-state index contributed by atoms with van der Waals surface area (Å²) in [6.07, 6.45) is 0.229. The van der Waals surface area contributed by atoms with Crippen molar-refractivity contribution < 1.29 is 14.5 Å². The van der Waals surface area contributed by atoms with Gasteiger partial charge in [0.1, 0.15) is 5.60 Å². The lowest BCUT2D eigenvalue weighted by Crippen LogP contribution is -2.36. The zero-order valence-electron chi connectivity index (χ0n) is 12.1. The number of fused-ring (bicyclic) bond motifs is 1. The largest absolute Gasteiger partial charge is 0.443 e. The maximum absolute atomic E-state index is 12.2. The van der Waals surface area contributed by atoms with Gasteiger partial charge in [0, 0.05) is 12.6 Å². The zero-order chi connectivity index (χ0) is 15.1. The molecule has 0 unspecified atom stereocenters. The molecule has 0 atom stereocenters. The molecule has 1 aliphatic rings. The molecule has 6 nitrogen and oxygen atoms in total. The van der Waals surface area contributed by atoms with Gasteiger partial charge in [-0.25, -0.2) is 4.79 Å². The van der Waals surface area contributed by atoms with Crippen LogP contribution >= 0.6 is 0 Å². The molecule has 0 spiro atoms. The van der Waals surface area contributed by atoms with Gasteiger partial charge in [0.25, 0.3) is 5.69 Å². The first-order chi connectivity index (χ1) is 9.20. The van der Waals surface area contributed by atoms with Crippen LogP contribution in [0.2, 0.25) is 0 Å². The Hall–Kier alpha value is -2.11. The fourth-order valence-electron chi connectivity index (χ4n) is 2.36. The van der Waals surface area contributed by atoms with E-state index in [2.05, 4.69) is 0 Å². The van der Waals surface area contributed by atoms with Crippen LogP contribution in [0.3, 0.4) is 0 Å². The number of benzene rings is 1. The van der Waals surface area contributed by atoms with Crippen molar-refractivity contribution in [3.63, 3.8) is 0 Å². The number of rotatable bonds is 1. The van der Waals surface area contributed by atoms with Gasteiger partial charge >= 0.3 is 6.09 Å². The summed E-state index contributed by atoms with van der Waals surface area (Å²) in [5, 5.41) is 11.0. The van der Waals surface area contributed by atoms with Crippen molar-refractivity contribution >= 4 is 17.5 Å². The van der Waals surface area contributed by atoms with Crippen LogP contribution in [0.25, 0.3) is 0 Å². The smallest absolute Gasteiger partial charge is 0.414 e. The van der Waals surface area contributed by atoms with Gasteiger partial charge in [-0.1, -0.05) is 6.07 Å². The van der Waals surface area contributed by atoms with Crippen LogP contribution in [0.5, 0.6) is 0 Å². The fraction of sp³-hybridized carbons (Fsp3) is 0.500. The van der Waals surface area contributed by atoms with E-state index < -0.39 is 16.6 Å². The Balaban J connectivity index is 2.39. The lowest BCUT2D eigenvalue weighted by atomic mass is 10.1. The van der Waals surface area contributed by atoms with Crippen molar-refractivity contribution in [1.82, 2.24) is 0 Å². The van der Waals surface area contributed by atoms with Crippen LogP contribution in [-0.2, 0) is 11.2 Å². The molecule has 20 heavy (non-hydrogen) atoms. The van der Waals surface area contributed by atoms with Crippen molar-refractivity contribution in [2.45, 2.75) is 39.7 Å². The van der Waals surface area contributed by atoms with E-state index in [1.807, 2.05) is 0 Å². The van der Waals surface area contributed by atoms with E-state index in [4.69, 9.17) is 4.74 Å². The number of ether oxygens (including phenoxy) is 1. The van der Waals surface area contributed by atoms with E-state index in [0.717, 1.165) is 5.56 Å². The minimum absolute atomic E-state index is 0.0270. The molecule has 1 aliphatic heterocycles. The summed E-state index contributed by atoms with van der Waals surface area (Å²) in [5.41, 5.74) is 1.51. The van der Waals surface area contributed by atoms with Gasteiger partial charge in [-0.2, -0.15) is 0 Å². The van der Waals surface area contributed by atoms with Crippen LogP contribution in [0, 0.1) is 17.0 Å². The summed E-state index contributed by atoms with van der Waals surface area (Å²) >= 11 is 0. The molecule has 1 aromatic carbocycles. The predicted octanol–water partition coefficient (Wildman–Crippen LogP) is 3.20. The highest BCUT2D eigenvalue weighted by Gasteiger charge is 2.32. The van der Waals surface area contributed by atoms with E-state index in [1.165, 1.54) is 11.0 Å². The third kappa shape index (κ3) is 2.59. The van der Waals surface area contributed by atoms with Crippen LogP contribution in [-0.4, -0.2) is 23.2 Å². The second kappa shape index (κ2) is 4.77. The van der Waals surface area contributed by atoms with E-state index in [9.17, 15) is 14.9 Å². The summed E-state index contributed by atoms with van der Waals surface area (Å²) in [4.78, 5) is 24.2. The average Bonchev–Trinajstić information content (AvgIpc) is 2.71. The number of amides is 1. The van der Waals surface area contributed by atoms with Crippen LogP contribution < -0.4 is 4.90 Å². The molecule has 0 saturated heterocycles. The standard InChI is InChI=1S/C14H18N2O4/c1-9-11(16(18)19)6-5-10-7-8-15(12(9)10)13(17)20-14(2,3)4/h5-6H,7-8H2,1-4H3. The summed E-state index contributed by atoms with van der Waals surface area (Å²) in [5.74, 6) is 0. The molecule has 2 rings (SSSR count). The Bertz CT molecular complexity index is 575. The van der Waals surface area contributed by atoms with Gasteiger partial charge in [-0.3, -0.25) is 15.0 Å². The van der Waals surface area contributed by atoms with Crippen molar-refractivity contribution in [3.8, 4) is 0 Å². The lowest BCUT2D eigenvalue weighted by molar-refractivity contribution is -0.385. The van der Waals surface area contributed by atoms with Crippen molar-refractivity contribution in [2.75, 3.05) is 11.4 Å². The monoisotopic (exact) mass is 278 g/mol. The van der Waals surface area contributed by atoms with Crippen molar-refractivity contribution in [2.24, 2.45) is 0 Å². The van der Waals surface area contributed by atoms with E-state index in [1.54, 1.807) is 33.8 Å². The second-order valence-corrected chi connectivity index (χ2v) is 5.86. The molecular formula is C14H18N2O4. The molecular weight excluding hydrogens is 260 g/mol. The molecule has 0 saturated carbocycles. The minimum Gasteiger partial charge on any atom is -0.443 e. The maximum Gasteiger partial charge on any atom is 0.414 e. The molecule has 0 aliphatic carbocycles. The highest BCUT2D eigenvalue weighted by Crippen LogP contribution is 2.37. The maximum atomic E-state index is 12.2. The highest BCUT2D eigenvalue weighted by atomic mass is 16.6. The number of hydrogen-bond donors (Lipinski definition) is 0. The average molecular weight is 278 g/mol. The molecule has 1 aromatic rings. The fourth-order valence-corrected chi connectivity index (χ4v) is 2.36. The van der Waals surface area contributed by atoms with Crippen LogP contribution in [0.15, 0.2) is 12.1 Å². The van der Waals surface area contributed by atoms with Gasteiger partial charge < -0.3 is 4.74 Å². The van der Waals surface area contributed by atoms with Crippen molar-refractivity contribution in [1.29, 1.82) is 0 Å². The summed E-state index contributed by atoms with van der Waals surface area (Å²) < 4.78 is 5.35. The number of carbonyl (C=O) groups is 1. The Morgan fingerprint density at radius 1 is 1.40 bits per heavy atom. The Morgan fingerprint density at radius 3 is 2.60 bits per heavy atom. The minimum atomic E-state index is -0.589. The number of nitro benzene ring substituents is 1. The molecule has 0 bridgehead atoms. The number of nitrogens with zero attached hydrogens (tertiary/aromatic N) is 2. The van der Waals surface area contributed by atoms with Crippen LogP contribution in [0.1, 0.15) is 31.9 Å². The molecule has 1 amide bonds. The van der Waals surface area contributed by atoms with E-state index in [-0.39, 0.29) is 5.69 Å². The quantitative estimate of drug-likeness (QED) is 0.584. The molecule has 0 radical (unpaired) electrons. The van der Waals surface area contributed by atoms with E-state index in [0.29, 0.717) is 24.2 Å². The van der Waals surface area contributed by atoms with Crippen LogP contribution in [0.4, 0.5) is 16.2 Å². The molecule has 108 valence electrons. The van der Waals surface area contributed by atoms with E-state index >= 15 is 0 Å². The second-order valence-electron chi connectivity index (χ2n) is 5.86. The first-order valence-corrected chi connectivity index (χ1v) is 6.48. The Labute approximate surface area is 117 Å². The normalized spacial score (nSPS) is 14.1. The van der Waals surface area contributed by atoms with Crippen molar-refractivity contribution in [3.05, 3.63) is 33.4 Å². The lowest BCUT2D eigenvalue weighted by Gasteiger charge is -2.25. The Morgan fingerprint density at radius 2 is 2.05 bits per heavy atom. The molecule has 6 heteroatoms. The number of carbonyl (C=O) groups excluding carboxylic acids is 1. The highest BCUT2D eigenvalue weighted by molar-refractivity contribution is 5.92. The Kier molecular flexibility index (Phi) is 3.41. The SMILES string of the molecule is Cc1c([N+](=O)[O-])ccc2c1N(C(=O)OC(C)(C)C)CC2. The van der Waals surface area contributed by atoms with Gasteiger partial charge in [-0.15, -0.1) is 0 Å². The number of nitro groups is 1. The third-order valence-electron chi connectivity index (χ3n) is 3.17. The van der Waals surface area contributed by atoms with Gasteiger partial charge in [0.2, 0.25) is 0 Å². The summed E-state index contributed by atoms with van der Waals surface area (Å²) in [6.45, 7) is 7.54.